The van der Waals surface area contributed by atoms with E-state index in [4.69, 9.17) is 0 Å². The van der Waals surface area contributed by atoms with Gasteiger partial charge in [-0.05, 0) is 30.7 Å². The largest absolute Gasteiger partial charge is 0.338 e. The fourth-order valence-electron chi connectivity index (χ4n) is 3.22. The standard InChI is InChI=1S/C14H25N5/c1-14(2,3)7-12-16-13(18-17-12)19-8-10-5-4-6-15-11(10)9-19/h10-11,15H,4-9H2,1-3H3,(H,16,17,18). The number of rotatable bonds is 2. The molecule has 5 nitrogen and oxygen atoms in total. The Morgan fingerprint density at radius 1 is 1.32 bits per heavy atom. The van der Waals surface area contributed by atoms with Crippen molar-refractivity contribution in [2.75, 3.05) is 24.5 Å². The second-order valence-corrected chi connectivity index (χ2v) is 7.19. The van der Waals surface area contributed by atoms with E-state index in [1.165, 1.54) is 12.8 Å². The molecule has 5 heteroatoms. The number of nitrogens with one attached hydrogen (secondary N) is 2. The van der Waals surface area contributed by atoms with E-state index >= 15 is 0 Å². The van der Waals surface area contributed by atoms with E-state index in [0.29, 0.717) is 6.04 Å². The lowest BCUT2D eigenvalue weighted by Gasteiger charge is -2.24. The molecule has 2 fully saturated rings. The van der Waals surface area contributed by atoms with Crippen LogP contribution in [0.15, 0.2) is 0 Å². The summed E-state index contributed by atoms with van der Waals surface area (Å²) in [5.41, 5.74) is 0.247. The van der Waals surface area contributed by atoms with Crippen LogP contribution in [0.3, 0.4) is 0 Å². The van der Waals surface area contributed by atoms with E-state index in [2.05, 4.69) is 46.2 Å². The first-order valence-electron chi connectivity index (χ1n) is 7.41. The highest BCUT2D eigenvalue weighted by molar-refractivity contribution is 5.32. The average molecular weight is 263 g/mol. The topological polar surface area (TPSA) is 56.8 Å². The van der Waals surface area contributed by atoms with Gasteiger partial charge in [-0.15, -0.1) is 5.10 Å². The van der Waals surface area contributed by atoms with Crippen LogP contribution in [0.25, 0.3) is 0 Å². The van der Waals surface area contributed by atoms with E-state index in [9.17, 15) is 0 Å². The second kappa shape index (κ2) is 4.78. The smallest absolute Gasteiger partial charge is 0.244 e. The zero-order valence-electron chi connectivity index (χ0n) is 12.2. The fourth-order valence-corrected chi connectivity index (χ4v) is 3.22. The van der Waals surface area contributed by atoms with Gasteiger partial charge in [0.15, 0.2) is 0 Å². The molecular weight excluding hydrogens is 238 g/mol. The number of aromatic nitrogens is 3. The highest BCUT2D eigenvalue weighted by atomic mass is 15.4. The monoisotopic (exact) mass is 263 g/mol. The fraction of sp³-hybridized carbons (Fsp3) is 0.857. The van der Waals surface area contributed by atoms with Crippen LogP contribution in [0.2, 0.25) is 0 Å². The van der Waals surface area contributed by atoms with Crippen LogP contribution in [-0.4, -0.2) is 40.9 Å². The number of H-pyrrole nitrogens is 1. The van der Waals surface area contributed by atoms with Crippen LogP contribution in [0.5, 0.6) is 0 Å². The van der Waals surface area contributed by atoms with Crippen molar-refractivity contribution in [3.8, 4) is 0 Å². The van der Waals surface area contributed by atoms with Gasteiger partial charge in [0, 0.05) is 25.6 Å². The summed E-state index contributed by atoms with van der Waals surface area (Å²) in [4.78, 5) is 7.00. The van der Waals surface area contributed by atoms with Gasteiger partial charge in [0.2, 0.25) is 5.95 Å². The van der Waals surface area contributed by atoms with Gasteiger partial charge in [-0.2, -0.15) is 4.98 Å². The molecule has 106 valence electrons. The van der Waals surface area contributed by atoms with Crippen LogP contribution >= 0.6 is 0 Å². The van der Waals surface area contributed by atoms with Gasteiger partial charge >= 0.3 is 0 Å². The summed E-state index contributed by atoms with van der Waals surface area (Å²) in [6.07, 6.45) is 3.59. The van der Waals surface area contributed by atoms with Crippen molar-refractivity contribution >= 4 is 5.95 Å². The van der Waals surface area contributed by atoms with Gasteiger partial charge in [-0.1, -0.05) is 20.8 Å². The minimum absolute atomic E-state index is 0.247. The normalized spacial score (nSPS) is 27.6. The number of piperidine rings is 1. The van der Waals surface area contributed by atoms with Gasteiger partial charge in [-0.3, -0.25) is 5.10 Å². The Bertz CT molecular complexity index is 419. The molecule has 0 saturated carbocycles. The first-order chi connectivity index (χ1) is 9.01. The molecule has 0 amide bonds. The predicted molar refractivity (Wildman–Crippen MR) is 76.3 cm³/mol. The lowest BCUT2D eigenvalue weighted by Crippen LogP contribution is -2.40. The van der Waals surface area contributed by atoms with E-state index in [1.54, 1.807) is 0 Å². The molecule has 0 radical (unpaired) electrons. The van der Waals surface area contributed by atoms with Gasteiger partial charge < -0.3 is 10.2 Å². The number of aromatic amines is 1. The Kier molecular flexibility index (Phi) is 3.25. The summed E-state index contributed by atoms with van der Waals surface area (Å²) < 4.78 is 0. The van der Waals surface area contributed by atoms with E-state index in [0.717, 1.165) is 43.7 Å². The molecule has 19 heavy (non-hydrogen) atoms. The summed E-state index contributed by atoms with van der Waals surface area (Å²) in [6, 6.07) is 0.637. The van der Waals surface area contributed by atoms with Gasteiger partial charge in [0.1, 0.15) is 5.82 Å². The molecule has 1 aromatic heterocycles. The first kappa shape index (κ1) is 12.9. The van der Waals surface area contributed by atoms with Crippen molar-refractivity contribution in [3.05, 3.63) is 5.82 Å². The molecule has 3 rings (SSSR count). The number of hydrogen-bond donors (Lipinski definition) is 2. The van der Waals surface area contributed by atoms with Crippen LogP contribution < -0.4 is 10.2 Å². The summed E-state index contributed by atoms with van der Waals surface area (Å²) in [5.74, 6) is 2.67. The molecule has 0 bridgehead atoms. The Morgan fingerprint density at radius 3 is 2.89 bits per heavy atom. The van der Waals surface area contributed by atoms with Crippen molar-refractivity contribution in [1.29, 1.82) is 0 Å². The number of fused-ring (bicyclic) bond motifs is 1. The minimum atomic E-state index is 0.247. The SMILES string of the molecule is CC(C)(C)Cc1nc(N2CC3CCCNC3C2)n[nH]1. The Hall–Kier alpha value is -1.10. The third-order valence-corrected chi connectivity index (χ3v) is 4.10. The number of nitrogens with zero attached hydrogens (tertiary/aromatic N) is 3. The van der Waals surface area contributed by atoms with Gasteiger partial charge in [-0.25, -0.2) is 0 Å². The zero-order valence-corrected chi connectivity index (χ0v) is 12.2. The predicted octanol–water partition coefficient (Wildman–Crippen LogP) is 1.58. The van der Waals surface area contributed by atoms with Crippen LogP contribution in [0, 0.1) is 11.3 Å². The van der Waals surface area contributed by atoms with Crippen LogP contribution in [0.4, 0.5) is 5.95 Å². The average Bonchev–Trinajstić information content (AvgIpc) is 2.91. The molecule has 3 heterocycles. The number of anilines is 1. The van der Waals surface area contributed by atoms with Crippen LogP contribution in [0.1, 0.15) is 39.4 Å². The zero-order chi connectivity index (χ0) is 13.5. The Labute approximate surface area is 115 Å². The maximum atomic E-state index is 4.67. The third-order valence-electron chi connectivity index (χ3n) is 4.10. The maximum Gasteiger partial charge on any atom is 0.244 e. The highest BCUT2D eigenvalue weighted by Gasteiger charge is 2.35. The minimum Gasteiger partial charge on any atom is -0.338 e. The molecule has 2 saturated heterocycles. The van der Waals surface area contributed by atoms with Crippen molar-refractivity contribution < 1.29 is 0 Å². The van der Waals surface area contributed by atoms with E-state index < -0.39 is 0 Å². The van der Waals surface area contributed by atoms with Gasteiger partial charge in [0.25, 0.3) is 0 Å². The molecule has 0 aromatic carbocycles. The molecule has 1 aromatic rings. The second-order valence-electron chi connectivity index (χ2n) is 7.19. The maximum absolute atomic E-state index is 4.67. The van der Waals surface area contributed by atoms with Crippen molar-refractivity contribution in [2.45, 2.75) is 46.1 Å². The van der Waals surface area contributed by atoms with Crippen LogP contribution in [-0.2, 0) is 6.42 Å². The van der Waals surface area contributed by atoms with E-state index in [1.807, 2.05) is 0 Å². The van der Waals surface area contributed by atoms with E-state index in [-0.39, 0.29) is 5.41 Å². The lowest BCUT2D eigenvalue weighted by atomic mass is 9.92. The summed E-state index contributed by atoms with van der Waals surface area (Å²) in [6.45, 7) is 10.00. The molecule has 0 aliphatic carbocycles. The lowest BCUT2D eigenvalue weighted by molar-refractivity contribution is 0.340. The Morgan fingerprint density at radius 2 is 2.16 bits per heavy atom. The molecule has 0 spiro atoms. The summed E-state index contributed by atoms with van der Waals surface area (Å²) in [5, 5.41) is 11.1. The Balaban J connectivity index is 1.67. The highest BCUT2D eigenvalue weighted by Crippen LogP contribution is 2.27. The molecule has 2 atom stereocenters. The molecule has 2 aliphatic heterocycles. The summed E-state index contributed by atoms with van der Waals surface area (Å²) in [7, 11) is 0. The third kappa shape index (κ3) is 2.91. The molecule has 2 aliphatic rings. The molecular formula is C14H25N5. The van der Waals surface area contributed by atoms with Crippen molar-refractivity contribution in [1.82, 2.24) is 20.5 Å². The van der Waals surface area contributed by atoms with Crippen molar-refractivity contribution in [3.63, 3.8) is 0 Å². The first-order valence-corrected chi connectivity index (χ1v) is 7.41. The van der Waals surface area contributed by atoms with Crippen molar-refractivity contribution in [2.24, 2.45) is 11.3 Å². The summed E-state index contributed by atoms with van der Waals surface area (Å²) >= 11 is 0. The van der Waals surface area contributed by atoms with Gasteiger partial charge in [0.05, 0.1) is 0 Å². The molecule has 2 N–H and O–H groups in total. The molecule has 2 unspecified atom stereocenters. The quantitative estimate of drug-likeness (QED) is 0.850. The number of hydrogen-bond acceptors (Lipinski definition) is 4.